The van der Waals surface area contributed by atoms with Crippen molar-refractivity contribution in [1.29, 1.82) is 0 Å². The van der Waals surface area contributed by atoms with Crippen LogP contribution in [-0.2, 0) is 0 Å². The molecule has 0 spiro atoms. The molecular weight excluding hydrogens is 364 g/mol. The van der Waals surface area contributed by atoms with E-state index >= 15 is 0 Å². The maximum absolute atomic E-state index is 5.76. The van der Waals surface area contributed by atoms with Gasteiger partial charge in [-0.25, -0.2) is 0 Å². The molecule has 0 atom stereocenters. The Bertz CT molecular complexity index is 783. The van der Waals surface area contributed by atoms with Gasteiger partial charge >= 0.3 is 0 Å². The molecule has 0 N–H and O–H groups in total. The smallest absolute Gasteiger partial charge is 0.119 e. The summed E-state index contributed by atoms with van der Waals surface area (Å²) in [5.41, 5.74) is 3.58. The molecule has 0 unspecified atom stereocenters. The van der Waals surface area contributed by atoms with Crippen LogP contribution in [0.1, 0.15) is 83.6 Å². The highest BCUT2D eigenvalue weighted by Crippen LogP contribution is 2.31. The van der Waals surface area contributed by atoms with E-state index in [1.807, 2.05) is 0 Å². The summed E-state index contributed by atoms with van der Waals surface area (Å²) in [6.45, 7) is 5.27. The standard InChI is InChI=1S/C29H38O/c1-3-5-7-8-24-9-11-25(12-10-24)13-14-26-15-17-27(18-16-26)28-19-21-29(22-20-28)30-23-6-4-2/h15-22,24-25H,3-12,23H2,1-2H3/t24-,25-. The summed E-state index contributed by atoms with van der Waals surface area (Å²) < 4.78 is 5.76. The Kier molecular flexibility index (Phi) is 9.36. The maximum atomic E-state index is 5.76. The van der Waals surface area contributed by atoms with Crippen LogP contribution in [0, 0.1) is 23.7 Å². The van der Waals surface area contributed by atoms with E-state index in [0.29, 0.717) is 5.92 Å². The monoisotopic (exact) mass is 402 g/mol. The van der Waals surface area contributed by atoms with Crippen molar-refractivity contribution in [2.24, 2.45) is 11.8 Å². The van der Waals surface area contributed by atoms with Crippen molar-refractivity contribution in [3.63, 3.8) is 0 Å². The Hall–Kier alpha value is -2.20. The fourth-order valence-electron chi connectivity index (χ4n) is 4.29. The van der Waals surface area contributed by atoms with Gasteiger partial charge in [0.25, 0.3) is 0 Å². The molecule has 0 saturated heterocycles. The lowest BCUT2D eigenvalue weighted by molar-refractivity contribution is 0.294. The van der Waals surface area contributed by atoms with Crippen LogP contribution in [-0.4, -0.2) is 6.61 Å². The van der Waals surface area contributed by atoms with Crippen LogP contribution in [0.25, 0.3) is 11.1 Å². The molecule has 3 rings (SSSR count). The van der Waals surface area contributed by atoms with Crippen LogP contribution in [0.3, 0.4) is 0 Å². The molecule has 0 heterocycles. The highest BCUT2D eigenvalue weighted by Gasteiger charge is 2.19. The zero-order valence-electron chi connectivity index (χ0n) is 19.0. The van der Waals surface area contributed by atoms with Crippen LogP contribution >= 0.6 is 0 Å². The minimum absolute atomic E-state index is 0.590. The molecule has 0 bridgehead atoms. The van der Waals surface area contributed by atoms with Gasteiger partial charge in [-0.3, -0.25) is 0 Å². The lowest BCUT2D eigenvalue weighted by atomic mass is 9.80. The number of ether oxygens (including phenoxy) is 1. The maximum Gasteiger partial charge on any atom is 0.119 e. The lowest BCUT2D eigenvalue weighted by Crippen LogP contribution is -2.13. The van der Waals surface area contributed by atoms with Crippen LogP contribution < -0.4 is 4.74 Å². The van der Waals surface area contributed by atoms with Gasteiger partial charge < -0.3 is 4.74 Å². The van der Waals surface area contributed by atoms with Crippen molar-refractivity contribution >= 4 is 0 Å². The summed E-state index contributed by atoms with van der Waals surface area (Å²) in [5, 5.41) is 0. The number of benzene rings is 2. The molecule has 1 nitrogen and oxygen atoms in total. The van der Waals surface area contributed by atoms with E-state index in [4.69, 9.17) is 4.74 Å². The molecule has 160 valence electrons. The molecular formula is C29H38O. The van der Waals surface area contributed by atoms with Crippen molar-refractivity contribution in [1.82, 2.24) is 0 Å². The van der Waals surface area contributed by atoms with E-state index in [0.717, 1.165) is 36.7 Å². The zero-order chi connectivity index (χ0) is 21.0. The fraction of sp³-hybridized carbons (Fsp3) is 0.517. The molecule has 2 aromatic carbocycles. The average Bonchev–Trinajstić information content (AvgIpc) is 2.80. The summed E-state index contributed by atoms with van der Waals surface area (Å²) in [7, 11) is 0. The second kappa shape index (κ2) is 12.5. The highest BCUT2D eigenvalue weighted by atomic mass is 16.5. The Labute approximate surface area is 184 Å². The summed E-state index contributed by atoms with van der Waals surface area (Å²) in [6, 6.07) is 17.1. The number of rotatable bonds is 9. The fourth-order valence-corrected chi connectivity index (χ4v) is 4.29. The molecule has 2 aromatic rings. The van der Waals surface area contributed by atoms with Crippen molar-refractivity contribution < 1.29 is 4.74 Å². The van der Waals surface area contributed by atoms with Gasteiger partial charge in [0.2, 0.25) is 0 Å². The van der Waals surface area contributed by atoms with E-state index in [1.165, 1.54) is 62.5 Å². The number of unbranched alkanes of at least 4 members (excludes halogenated alkanes) is 3. The van der Waals surface area contributed by atoms with E-state index in [1.54, 1.807) is 0 Å². The molecule has 1 fully saturated rings. The zero-order valence-corrected chi connectivity index (χ0v) is 19.0. The van der Waals surface area contributed by atoms with Crippen LogP contribution in [0.2, 0.25) is 0 Å². The second-order valence-electron chi connectivity index (χ2n) is 8.79. The van der Waals surface area contributed by atoms with Gasteiger partial charge in [0, 0.05) is 11.5 Å². The molecule has 1 aliphatic carbocycles. The Morgan fingerprint density at radius 2 is 1.40 bits per heavy atom. The minimum Gasteiger partial charge on any atom is -0.494 e. The SMILES string of the molecule is CCCCC[C@H]1CC[C@H](C#Cc2ccc(-c3ccc(OCCCC)cc3)cc2)CC1. The quantitative estimate of drug-likeness (QED) is 0.303. The van der Waals surface area contributed by atoms with Gasteiger partial charge in [0.05, 0.1) is 6.61 Å². The summed E-state index contributed by atoms with van der Waals surface area (Å²) in [6.07, 6.45) is 13.2. The summed E-state index contributed by atoms with van der Waals surface area (Å²) >= 11 is 0. The van der Waals surface area contributed by atoms with Crippen LogP contribution in [0.4, 0.5) is 0 Å². The normalized spacial score (nSPS) is 18.5. The van der Waals surface area contributed by atoms with Crippen molar-refractivity contribution in [2.75, 3.05) is 6.61 Å². The predicted molar refractivity (Wildman–Crippen MR) is 129 cm³/mol. The predicted octanol–water partition coefficient (Wildman–Crippen LogP) is 8.27. The third kappa shape index (κ3) is 7.24. The summed E-state index contributed by atoms with van der Waals surface area (Å²) in [4.78, 5) is 0. The molecule has 0 amide bonds. The van der Waals surface area contributed by atoms with Gasteiger partial charge in [-0.05, 0) is 73.4 Å². The first-order valence-corrected chi connectivity index (χ1v) is 12.1. The Balaban J connectivity index is 1.48. The van der Waals surface area contributed by atoms with Gasteiger partial charge in [0.1, 0.15) is 5.75 Å². The largest absolute Gasteiger partial charge is 0.494 e. The van der Waals surface area contributed by atoms with Crippen molar-refractivity contribution in [2.45, 2.75) is 78.1 Å². The lowest BCUT2D eigenvalue weighted by Gasteiger charge is -2.25. The third-order valence-corrected chi connectivity index (χ3v) is 6.32. The average molecular weight is 403 g/mol. The van der Waals surface area contributed by atoms with Crippen molar-refractivity contribution in [3.8, 4) is 28.7 Å². The first-order chi connectivity index (χ1) is 14.8. The van der Waals surface area contributed by atoms with E-state index in [9.17, 15) is 0 Å². The third-order valence-electron chi connectivity index (χ3n) is 6.32. The molecule has 0 aromatic heterocycles. The first kappa shape index (κ1) is 22.5. The van der Waals surface area contributed by atoms with Gasteiger partial charge in [-0.1, -0.05) is 82.1 Å². The van der Waals surface area contributed by atoms with Gasteiger partial charge in [-0.15, -0.1) is 0 Å². The minimum atomic E-state index is 0.590. The Morgan fingerprint density at radius 3 is 2.03 bits per heavy atom. The van der Waals surface area contributed by atoms with E-state index < -0.39 is 0 Å². The molecule has 0 radical (unpaired) electrons. The summed E-state index contributed by atoms with van der Waals surface area (Å²) in [5.74, 6) is 9.48. The molecule has 30 heavy (non-hydrogen) atoms. The van der Waals surface area contributed by atoms with Crippen LogP contribution in [0.15, 0.2) is 48.5 Å². The molecule has 0 aliphatic heterocycles. The Morgan fingerprint density at radius 1 is 0.767 bits per heavy atom. The first-order valence-electron chi connectivity index (χ1n) is 12.1. The molecule has 1 heteroatoms. The van der Waals surface area contributed by atoms with E-state index in [2.05, 4.69) is 74.2 Å². The second-order valence-corrected chi connectivity index (χ2v) is 8.79. The highest BCUT2D eigenvalue weighted by molar-refractivity contribution is 5.65. The van der Waals surface area contributed by atoms with Crippen molar-refractivity contribution in [3.05, 3.63) is 54.1 Å². The number of hydrogen-bond donors (Lipinski definition) is 0. The van der Waals surface area contributed by atoms with Gasteiger partial charge in [-0.2, -0.15) is 0 Å². The van der Waals surface area contributed by atoms with E-state index in [-0.39, 0.29) is 0 Å². The number of hydrogen-bond acceptors (Lipinski definition) is 1. The molecule has 1 saturated carbocycles. The molecule has 1 aliphatic rings. The van der Waals surface area contributed by atoms with Crippen LogP contribution in [0.5, 0.6) is 5.75 Å². The topological polar surface area (TPSA) is 9.23 Å². The van der Waals surface area contributed by atoms with Gasteiger partial charge in [0.15, 0.2) is 0 Å².